The largest absolute Gasteiger partial charge is 0.481 e. The molecule has 0 spiro atoms. The number of aromatic nitrogens is 2. The van der Waals surface area contributed by atoms with E-state index in [9.17, 15) is 13.2 Å². The van der Waals surface area contributed by atoms with Crippen LogP contribution in [0.5, 0.6) is 5.88 Å². The molecule has 2 atom stereocenters. The number of hydrogen-bond acceptors (Lipinski definition) is 5. The lowest BCUT2D eigenvalue weighted by Crippen LogP contribution is -2.52. The van der Waals surface area contributed by atoms with E-state index in [4.69, 9.17) is 4.74 Å². The molecule has 0 unspecified atom stereocenters. The normalized spacial score (nSPS) is 24.4. The number of anilines is 1. The fourth-order valence-electron chi connectivity index (χ4n) is 2.38. The maximum absolute atomic E-state index is 12.7. The van der Waals surface area contributed by atoms with Crippen molar-refractivity contribution in [3.8, 4) is 5.88 Å². The summed E-state index contributed by atoms with van der Waals surface area (Å²) in [4.78, 5) is 9.45. The van der Waals surface area contributed by atoms with E-state index in [1.54, 1.807) is 12.3 Å². The van der Waals surface area contributed by atoms with Gasteiger partial charge in [0.2, 0.25) is 11.8 Å². The second-order valence-electron chi connectivity index (χ2n) is 4.84. The first-order valence-corrected chi connectivity index (χ1v) is 6.30. The number of halogens is 3. The summed E-state index contributed by atoms with van der Waals surface area (Å²) >= 11 is 0. The topological polar surface area (TPSA) is 50.3 Å². The summed E-state index contributed by atoms with van der Waals surface area (Å²) in [6.07, 6.45) is -2.14. The van der Waals surface area contributed by atoms with E-state index in [0.29, 0.717) is 24.8 Å². The zero-order valence-electron chi connectivity index (χ0n) is 11.3. The number of piperidine rings is 1. The van der Waals surface area contributed by atoms with Crippen LogP contribution in [0.25, 0.3) is 0 Å². The van der Waals surface area contributed by atoms with Crippen molar-refractivity contribution in [3.05, 3.63) is 12.3 Å². The number of ether oxygens (including phenoxy) is 1. The molecule has 1 aromatic rings. The smallest absolute Gasteiger partial charge is 0.404 e. The van der Waals surface area contributed by atoms with Gasteiger partial charge in [-0.2, -0.15) is 18.2 Å². The molecule has 0 bridgehead atoms. The Bertz CT molecular complexity index is 455. The van der Waals surface area contributed by atoms with Gasteiger partial charge in [0.15, 0.2) is 0 Å². The van der Waals surface area contributed by atoms with Gasteiger partial charge in [-0.1, -0.05) is 0 Å². The maximum Gasteiger partial charge on any atom is 0.404 e. The monoisotopic (exact) mass is 290 g/mol. The first kappa shape index (κ1) is 14.8. The Balaban J connectivity index is 1.96. The molecular formula is C12H17F3N4O. The van der Waals surface area contributed by atoms with Crippen LogP contribution in [-0.4, -0.2) is 53.8 Å². The molecule has 0 aromatic carbocycles. The average Bonchev–Trinajstić information content (AvgIpc) is 2.37. The van der Waals surface area contributed by atoms with Crippen LogP contribution < -0.4 is 10.1 Å². The highest BCUT2D eigenvalue weighted by molar-refractivity contribution is 5.29. The summed E-state index contributed by atoms with van der Waals surface area (Å²) in [5, 5.41) is 3.05. The van der Waals surface area contributed by atoms with Gasteiger partial charge in [0, 0.05) is 24.8 Å². The van der Waals surface area contributed by atoms with E-state index in [1.807, 2.05) is 0 Å². The summed E-state index contributed by atoms with van der Waals surface area (Å²) in [5.41, 5.74) is 0. The van der Waals surface area contributed by atoms with Gasteiger partial charge < -0.3 is 10.1 Å². The Morgan fingerprint density at radius 3 is 2.75 bits per heavy atom. The van der Waals surface area contributed by atoms with E-state index in [0.717, 1.165) is 0 Å². The van der Waals surface area contributed by atoms with Crippen molar-refractivity contribution >= 4 is 5.95 Å². The highest BCUT2D eigenvalue weighted by atomic mass is 19.4. The van der Waals surface area contributed by atoms with Crippen LogP contribution in [0.3, 0.4) is 0 Å². The summed E-state index contributed by atoms with van der Waals surface area (Å²) in [6.45, 7) is 0.296. The lowest BCUT2D eigenvalue weighted by molar-refractivity contribution is -0.187. The van der Waals surface area contributed by atoms with Gasteiger partial charge >= 0.3 is 6.18 Å². The van der Waals surface area contributed by atoms with Crippen LogP contribution in [0.4, 0.5) is 19.1 Å². The Morgan fingerprint density at radius 2 is 2.15 bits per heavy atom. The van der Waals surface area contributed by atoms with E-state index < -0.39 is 12.2 Å². The predicted molar refractivity (Wildman–Crippen MR) is 67.7 cm³/mol. The first-order valence-electron chi connectivity index (χ1n) is 6.30. The summed E-state index contributed by atoms with van der Waals surface area (Å²) in [6, 6.07) is 0.134. The van der Waals surface area contributed by atoms with Crippen LogP contribution in [0, 0.1) is 0 Å². The van der Waals surface area contributed by atoms with Gasteiger partial charge in [0.1, 0.15) is 6.04 Å². The summed E-state index contributed by atoms with van der Waals surface area (Å²) in [7, 11) is 2.98. The van der Waals surface area contributed by atoms with E-state index in [-0.39, 0.29) is 12.5 Å². The van der Waals surface area contributed by atoms with E-state index >= 15 is 0 Å². The molecule has 0 radical (unpaired) electrons. The molecule has 1 aliphatic rings. The van der Waals surface area contributed by atoms with Crippen LogP contribution in [0.1, 0.15) is 12.8 Å². The molecule has 1 saturated heterocycles. The molecule has 8 heteroatoms. The molecule has 112 valence electrons. The lowest BCUT2D eigenvalue weighted by atomic mass is 9.98. The number of likely N-dealkylation sites (tertiary alicyclic amines) is 1. The number of methoxy groups -OCH3 is 1. The van der Waals surface area contributed by atoms with Crippen LogP contribution in [0.2, 0.25) is 0 Å². The molecule has 1 fully saturated rings. The van der Waals surface area contributed by atoms with Crippen molar-refractivity contribution in [2.45, 2.75) is 31.1 Å². The Labute approximate surface area is 115 Å². The van der Waals surface area contributed by atoms with Crippen LogP contribution >= 0.6 is 0 Å². The van der Waals surface area contributed by atoms with Gasteiger partial charge in [-0.3, -0.25) is 4.90 Å². The van der Waals surface area contributed by atoms with Crippen molar-refractivity contribution < 1.29 is 17.9 Å². The highest BCUT2D eigenvalue weighted by Gasteiger charge is 2.44. The summed E-state index contributed by atoms with van der Waals surface area (Å²) in [5.74, 6) is 0.785. The standard InChI is InChI=1S/C12H17F3N4O/c1-19-7-8(3-4-9(19)12(13,14)15)17-11-16-6-5-10(18-11)20-2/h5-6,8-9H,3-4,7H2,1-2H3,(H,16,17,18)/t8-,9+/m0/s1. The predicted octanol–water partition coefficient (Wildman–Crippen LogP) is 1.92. The van der Waals surface area contributed by atoms with Gasteiger partial charge in [-0.15, -0.1) is 0 Å². The van der Waals surface area contributed by atoms with Gasteiger partial charge in [0.25, 0.3) is 0 Å². The Kier molecular flexibility index (Phi) is 4.32. The fraction of sp³-hybridized carbons (Fsp3) is 0.667. The maximum atomic E-state index is 12.7. The lowest BCUT2D eigenvalue weighted by Gasteiger charge is -2.38. The number of hydrogen-bond donors (Lipinski definition) is 1. The third kappa shape index (κ3) is 3.50. The highest BCUT2D eigenvalue weighted by Crippen LogP contribution is 2.31. The number of likely N-dealkylation sites (N-methyl/N-ethyl adjacent to an activating group) is 1. The molecule has 2 rings (SSSR count). The van der Waals surface area contributed by atoms with Crippen LogP contribution in [-0.2, 0) is 0 Å². The molecule has 0 aliphatic carbocycles. The first-order chi connectivity index (χ1) is 9.40. The van der Waals surface area contributed by atoms with Gasteiger partial charge in [-0.05, 0) is 19.9 Å². The van der Waals surface area contributed by atoms with Crippen molar-refractivity contribution in [2.24, 2.45) is 0 Å². The number of nitrogens with one attached hydrogen (secondary N) is 1. The molecule has 1 aliphatic heterocycles. The van der Waals surface area contributed by atoms with Crippen LogP contribution in [0.15, 0.2) is 12.3 Å². The molecule has 1 N–H and O–H groups in total. The Morgan fingerprint density at radius 1 is 1.40 bits per heavy atom. The Hall–Kier alpha value is -1.57. The molecular weight excluding hydrogens is 273 g/mol. The minimum Gasteiger partial charge on any atom is -0.481 e. The quantitative estimate of drug-likeness (QED) is 0.921. The second kappa shape index (κ2) is 5.82. The zero-order valence-corrected chi connectivity index (χ0v) is 11.3. The number of rotatable bonds is 3. The molecule has 1 aromatic heterocycles. The third-order valence-corrected chi connectivity index (χ3v) is 3.38. The number of alkyl halides is 3. The molecule has 5 nitrogen and oxygen atoms in total. The number of nitrogens with zero attached hydrogens (tertiary/aromatic N) is 3. The average molecular weight is 290 g/mol. The van der Waals surface area contributed by atoms with E-state index in [2.05, 4.69) is 15.3 Å². The molecule has 2 heterocycles. The molecule has 20 heavy (non-hydrogen) atoms. The van der Waals surface area contributed by atoms with Crippen molar-refractivity contribution in [1.82, 2.24) is 14.9 Å². The SMILES string of the molecule is COc1ccnc(N[C@H]2CC[C@H](C(F)(F)F)N(C)C2)n1. The summed E-state index contributed by atoms with van der Waals surface area (Å²) < 4.78 is 43.2. The fourth-order valence-corrected chi connectivity index (χ4v) is 2.38. The van der Waals surface area contributed by atoms with Crippen molar-refractivity contribution in [3.63, 3.8) is 0 Å². The molecule has 0 amide bonds. The van der Waals surface area contributed by atoms with Crippen molar-refractivity contribution in [1.29, 1.82) is 0 Å². The second-order valence-corrected chi connectivity index (χ2v) is 4.84. The minimum absolute atomic E-state index is 0.0711. The van der Waals surface area contributed by atoms with Gasteiger partial charge in [-0.25, -0.2) is 4.98 Å². The van der Waals surface area contributed by atoms with Gasteiger partial charge in [0.05, 0.1) is 7.11 Å². The molecule has 0 saturated carbocycles. The minimum atomic E-state index is -4.17. The third-order valence-electron chi connectivity index (χ3n) is 3.38. The zero-order chi connectivity index (χ0) is 14.8. The van der Waals surface area contributed by atoms with E-state index in [1.165, 1.54) is 19.1 Å². The van der Waals surface area contributed by atoms with Crippen molar-refractivity contribution in [2.75, 3.05) is 26.0 Å².